The Bertz CT molecular complexity index is 1450. The fourth-order valence-corrected chi connectivity index (χ4v) is 3.66. The van der Waals surface area contributed by atoms with Crippen molar-refractivity contribution in [3.8, 4) is 11.5 Å². The number of aromatic nitrogens is 5. The van der Waals surface area contributed by atoms with Crippen molar-refractivity contribution in [1.29, 1.82) is 0 Å². The molecular weight excluding hydrogens is 376 g/mol. The maximum Gasteiger partial charge on any atom is 0.248 e. The molecule has 0 fully saturated rings. The van der Waals surface area contributed by atoms with E-state index in [1.54, 1.807) is 10.9 Å². The summed E-state index contributed by atoms with van der Waals surface area (Å²) in [4.78, 5) is 19.3. The quantitative estimate of drug-likeness (QED) is 0.511. The molecule has 0 unspecified atom stereocenters. The van der Waals surface area contributed by atoms with Crippen molar-refractivity contribution in [2.75, 3.05) is 0 Å². The van der Waals surface area contributed by atoms with Gasteiger partial charge >= 0.3 is 0 Å². The third-order valence-corrected chi connectivity index (χ3v) is 5.03. The van der Waals surface area contributed by atoms with Crippen LogP contribution in [0.3, 0.4) is 0 Å². The normalized spacial score (nSPS) is 11.6. The first kappa shape index (κ1) is 17.3. The van der Waals surface area contributed by atoms with Crippen molar-refractivity contribution >= 4 is 21.9 Å². The molecule has 1 N–H and O–H groups in total. The maximum absolute atomic E-state index is 14.3. The minimum Gasteiger partial charge on any atom is -0.319 e. The van der Waals surface area contributed by atoms with Crippen molar-refractivity contribution in [2.24, 2.45) is 7.05 Å². The van der Waals surface area contributed by atoms with Crippen LogP contribution in [0.4, 0.5) is 8.78 Å². The molecule has 2 aromatic carbocycles. The van der Waals surface area contributed by atoms with E-state index in [0.29, 0.717) is 16.8 Å². The molecule has 8 heteroatoms. The number of aromatic amines is 1. The number of para-hydroxylation sites is 2. The molecule has 5 aromatic rings. The second kappa shape index (κ2) is 6.37. The Hall–Kier alpha value is -3.81. The third-order valence-electron chi connectivity index (χ3n) is 5.03. The Kier molecular flexibility index (Phi) is 3.80. The Morgan fingerprint density at radius 3 is 2.72 bits per heavy atom. The van der Waals surface area contributed by atoms with E-state index in [2.05, 4.69) is 10.1 Å². The van der Waals surface area contributed by atoms with Gasteiger partial charge in [-0.05, 0) is 35.9 Å². The average Bonchev–Trinajstić information content (AvgIpc) is 3.28. The third kappa shape index (κ3) is 2.72. The molecule has 0 aliphatic heterocycles. The summed E-state index contributed by atoms with van der Waals surface area (Å²) < 4.78 is 31.6. The number of nitrogens with one attached hydrogen (secondary N) is 1. The summed E-state index contributed by atoms with van der Waals surface area (Å²) in [6.07, 6.45) is 1.68. The molecule has 0 amide bonds. The Morgan fingerprint density at radius 2 is 1.93 bits per heavy atom. The molecule has 144 valence electrons. The van der Waals surface area contributed by atoms with Crippen LogP contribution in [0, 0.1) is 11.6 Å². The molecule has 3 aromatic heterocycles. The monoisotopic (exact) mass is 391 g/mol. The van der Waals surface area contributed by atoms with Gasteiger partial charge in [-0.15, -0.1) is 0 Å². The predicted molar refractivity (Wildman–Crippen MR) is 106 cm³/mol. The van der Waals surface area contributed by atoms with Crippen molar-refractivity contribution in [3.63, 3.8) is 0 Å². The Labute approximate surface area is 163 Å². The molecule has 5 rings (SSSR count). The van der Waals surface area contributed by atoms with Gasteiger partial charge in [0.2, 0.25) is 5.56 Å². The summed E-state index contributed by atoms with van der Waals surface area (Å²) in [5.41, 5.74) is 2.37. The number of fused-ring (bicyclic) bond motifs is 2. The Morgan fingerprint density at radius 1 is 1.10 bits per heavy atom. The van der Waals surface area contributed by atoms with Gasteiger partial charge in [-0.25, -0.2) is 13.8 Å². The van der Waals surface area contributed by atoms with Crippen LogP contribution in [-0.2, 0) is 13.6 Å². The van der Waals surface area contributed by atoms with Gasteiger partial charge in [0, 0.05) is 24.7 Å². The topological polar surface area (TPSA) is 68.5 Å². The molecule has 6 nitrogen and oxygen atoms in total. The van der Waals surface area contributed by atoms with Crippen LogP contribution < -0.4 is 5.56 Å². The number of hydrogen-bond donors (Lipinski definition) is 1. The average molecular weight is 391 g/mol. The molecule has 0 aliphatic carbocycles. The number of halogens is 2. The molecule has 3 heterocycles. The van der Waals surface area contributed by atoms with E-state index in [0.717, 1.165) is 22.8 Å². The summed E-state index contributed by atoms with van der Waals surface area (Å²) in [7, 11) is 1.82. The first-order chi connectivity index (χ1) is 14.0. The second-order valence-corrected chi connectivity index (χ2v) is 6.79. The number of hydrogen-bond acceptors (Lipinski definition) is 3. The molecule has 0 aliphatic rings. The zero-order chi connectivity index (χ0) is 20.1. The van der Waals surface area contributed by atoms with E-state index in [9.17, 15) is 13.6 Å². The molecule has 29 heavy (non-hydrogen) atoms. The highest BCUT2D eigenvalue weighted by molar-refractivity contribution is 5.84. The van der Waals surface area contributed by atoms with Gasteiger partial charge in [-0.3, -0.25) is 9.48 Å². The first-order valence-electron chi connectivity index (χ1n) is 8.96. The standard InChI is InChI=1S/C21H15F2N5O/c1-27-17(8-9-24-27)21-25-15-4-2-3-5-16(15)28(21)11-12-10-18(29)26-20-13(12)6-7-14(22)19(20)23/h2-10H,11H2,1H3,(H,26,29). The molecule has 0 saturated carbocycles. The fourth-order valence-electron chi connectivity index (χ4n) is 3.66. The SMILES string of the molecule is Cn1nccc1-c1nc2ccccc2n1Cc1cc(=O)[nH]c2c(F)c(F)ccc12. The van der Waals surface area contributed by atoms with E-state index in [-0.39, 0.29) is 12.1 Å². The van der Waals surface area contributed by atoms with Crippen molar-refractivity contribution in [1.82, 2.24) is 24.3 Å². The van der Waals surface area contributed by atoms with E-state index < -0.39 is 17.2 Å². The summed E-state index contributed by atoms with van der Waals surface area (Å²) in [5.74, 6) is -1.40. The minimum atomic E-state index is -1.07. The lowest BCUT2D eigenvalue weighted by molar-refractivity contribution is 0.515. The fraction of sp³-hybridized carbons (Fsp3) is 0.0952. The van der Waals surface area contributed by atoms with Crippen LogP contribution in [0.5, 0.6) is 0 Å². The van der Waals surface area contributed by atoms with Crippen molar-refractivity contribution in [2.45, 2.75) is 6.54 Å². The highest BCUT2D eigenvalue weighted by Crippen LogP contribution is 2.27. The Balaban J connectivity index is 1.77. The van der Waals surface area contributed by atoms with Gasteiger partial charge < -0.3 is 9.55 Å². The van der Waals surface area contributed by atoms with E-state index >= 15 is 0 Å². The summed E-state index contributed by atoms with van der Waals surface area (Å²) >= 11 is 0. The molecule has 0 saturated heterocycles. The second-order valence-electron chi connectivity index (χ2n) is 6.79. The van der Waals surface area contributed by atoms with Crippen LogP contribution in [-0.4, -0.2) is 24.3 Å². The summed E-state index contributed by atoms with van der Waals surface area (Å²) in [6.45, 7) is 0.256. The largest absolute Gasteiger partial charge is 0.319 e. The van der Waals surface area contributed by atoms with Crippen LogP contribution in [0.25, 0.3) is 33.5 Å². The summed E-state index contributed by atoms with van der Waals surface area (Å²) in [5, 5.41) is 4.66. The van der Waals surface area contributed by atoms with Gasteiger partial charge in [0.25, 0.3) is 0 Å². The number of rotatable bonds is 3. The number of nitrogens with zero attached hydrogens (tertiary/aromatic N) is 4. The molecule has 0 bridgehead atoms. The van der Waals surface area contributed by atoms with Gasteiger partial charge in [0.05, 0.1) is 23.1 Å². The number of H-pyrrole nitrogens is 1. The van der Waals surface area contributed by atoms with Crippen molar-refractivity contribution in [3.05, 3.63) is 82.3 Å². The van der Waals surface area contributed by atoms with Crippen LogP contribution in [0.15, 0.2) is 59.5 Å². The van der Waals surface area contributed by atoms with Gasteiger partial charge in [-0.2, -0.15) is 5.10 Å². The maximum atomic E-state index is 14.3. The van der Waals surface area contributed by atoms with E-state index in [1.807, 2.05) is 41.9 Å². The number of imidazole rings is 1. The highest BCUT2D eigenvalue weighted by Gasteiger charge is 2.18. The van der Waals surface area contributed by atoms with E-state index in [4.69, 9.17) is 4.98 Å². The van der Waals surface area contributed by atoms with Crippen LogP contribution in [0.1, 0.15) is 5.56 Å². The lowest BCUT2D eigenvalue weighted by atomic mass is 10.1. The van der Waals surface area contributed by atoms with Crippen LogP contribution in [0.2, 0.25) is 0 Å². The predicted octanol–water partition coefficient (Wildman–Crippen LogP) is 3.60. The molecule has 0 radical (unpaired) electrons. The zero-order valence-electron chi connectivity index (χ0n) is 15.4. The smallest absolute Gasteiger partial charge is 0.248 e. The van der Waals surface area contributed by atoms with E-state index in [1.165, 1.54) is 12.1 Å². The summed E-state index contributed by atoms with van der Waals surface area (Å²) in [6, 6.07) is 13.4. The zero-order valence-corrected chi connectivity index (χ0v) is 15.4. The number of aryl methyl sites for hydroxylation is 1. The lowest BCUT2D eigenvalue weighted by Crippen LogP contribution is -2.12. The highest BCUT2D eigenvalue weighted by atomic mass is 19.2. The van der Waals surface area contributed by atoms with Crippen molar-refractivity contribution < 1.29 is 8.78 Å². The number of benzene rings is 2. The lowest BCUT2D eigenvalue weighted by Gasteiger charge is -2.12. The van der Waals surface area contributed by atoms with Gasteiger partial charge in [0.1, 0.15) is 5.69 Å². The number of pyridine rings is 1. The van der Waals surface area contributed by atoms with Gasteiger partial charge in [0.15, 0.2) is 17.5 Å². The molecule has 0 spiro atoms. The minimum absolute atomic E-state index is 0.140. The van der Waals surface area contributed by atoms with Gasteiger partial charge in [-0.1, -0.05) is 12.1 Å². The first-order valence-corrected chi connectivity index (χ1v) is 8.96. The van der Waals surface area contributed by atoms with Crippen LogP contribution >= 0.6 is 0 Å². The molecule has 0 atom stereocenters. The molecular formula is C21H15F2N5O.